The molecule has 25 heavy (non-hydrogen) atoms. The van der Waals surface area contributed by atoms with Crippen molar-refractivity contribution < 1.29 is 4.74 Å². The Labute approximate surface area is 174 Å². The highest BCUT2D eigenvalue weighted by Crippen LogP contribution is 2.13. The summed E-state index contributed by atoms with van der Waals surface area (Å²) in [6.45, 7) is 7.76. The van der Waals surface area contributed by atoms with E-state index in [-0.39, 0.29) is 30.1 Å². The largest absolute Gasteiger partial charge is 0.377 e. The average Bonchev–Trinajstić information content (AvgIpc) is 3.05. The number of nitrogens with zero attached hydrogens (tertiary/aromatic N) is 2. The quantitative estimate of drug-likeness (QED) is 0.289. The van der Waals surface area contributed by atoms with Crippen LogP contribution in [0, 0.1) is 5.92 Å². The molecule has 0 aromatic carbocycles. The number of ether oxygens (including phenoxy) is 1. The Morgan fingerprint density at radius 2 is 2.04 bits per heavy atom. The molecular weight excluding hydrogens is 447 g/mol. The lowest BCUT2D eigenvalue weighted by Crippen LogP contribution is -2.43. The normalized spacial score (nSPS) is 14.1. The smallest absolute Gasteiger partial charge is 0.191 e. The number of nitrogens with one attached hydrogen (secondary N) is 2. The Morgan fingerprint density at radius 3 is 2.60 bits per heavy atom. The van der Waals surface area contributed by atoms with Crippen LogP contribution in [0.1, 0.15) is 25.1 Å². The molecule has 0 fully saturated rings. The molecule has 1 aromatic heterocycles. The first kappa shape index (κ1) is 24.6. The number of rotatable bonds is 11. The van der Waals surface area contributed by atoms with E-state index in [1.807, 2.05) is 25.3 Å². The predicted octanol–water partition coefficient (Wildman–Crippen LogP) is 3.07. The van der Waals surface area contributed by atoms with Crippen molar-refractivity contribution in [2.75, 3.05) is 47.4 Å². The van der Waals surface area contributed by atoms with Gasteiger partial charge >= 0.3 is 0 Å². The van der Waals surface area contributed by atoms with Gasteiger partial charge in [-0.25, -0.2) is 0 Å². The van der Waals surface area contributed by atoms with Gasteiger partial charge in [-0.15, -0.1) is 35.3 Å². The second kappa shape index (κ2) is 14.8. The molecule has 2 atom stereocenters. The van der Waals surface area contributed by atoms with Crippen LogP contribution in [0.15, 0.2) is 22.5 Å². The summed E-state index contributed by atoms with van der Waals surface area (Å²) in [4.78, 5) is 7.94. The fourth-order valence-corrected chi connectivity index (χ4v) is 3.30. The van der Waals surface area contributed by atoms with Gasteiger partial charge < -0.3 is 20.3 Å². The van der Waals surface area contributed by atoms with Crippen LogP contribution in [0.2, 0.25) is 0 Å². The van der Waals surface area contributed by atoms with Crippen LogP contribution in [-0.4, -0.2) is 64.3 Å². The van der Waals surface area contributed by atoms with Gasteiger partial charge in [-0.1, -0.05) is 13.0 Å². The van der Waals surface area contributed by atoms with Crippen LogP contribution in [0.4, 0.5) is 0 Å². The van der Waals surface area contributed by atoms with Crippen molar-refractivity contribution in [3.05, 3.63) is 22.4 Å². The lowest BCUT2D eigenvalue weighted by atomic mass is 10.1. The first-order valence-electron chi connectivity index (χ1n) is 8.78. The van der Waals surface area contributed by atoms with Gasteiger partial charge in [0, 0.05) is 38.2 Å². The van der Waals surface area contributed by atoms with E-state index in [2.05, 4.69) is 59.1 Å². The summed E-state index contributed by atoms with van der Waals surface area (Å²) in [6, 6.07) is 4.31. The Bertz CT molecular complexity index is 454. The molecule has 146 valence electrons. The Morgan fingerprint density at radius 1 is 1.32 bits per heavy atom. The van der Waals surface area contributed by atoms with E-state index < -0.39 is 0 Å². The minimum Gasteiger partial charge on any atom is -0.377 e. The molecule has 0 saturated carbocycles. The number of halogens is 1. The number of hydrogen-bond acceptors (Lipinski definition) is 4. The molecule has 0 aliphatic carbocycles. The van der Waals surface area contributed by atoms with Crippen LogP contribution >= 0.6 is 35.3 Å². The minimum atomic E-state index is 0. The zero-order valence-electron chi connectivity index (χ0n) is 16.2. The Kier molecular flexibility index (Phi) is 14.5. The molecule has 2 unspecified atom stereocenters. The maximum Gasteiger partial charge on any atom is 0.191 e. The molecule has 0 bridgehead atoms. The third-order valence-electron chi connectivity index (χ3n) is 3.77. The van der Waals surface area contributed by atoms with Crippen molar-refractivity contribution in [2.24, 2.45) is 10.9 Å². The van der Waals surface area contributed by atoms with Crippen molar-refractivity contribution >= 4 is 41.3 Å². The van der Waals surface area contributed by atoms with Gasteiger partial charge in [-0.2, -0.15) is 0 Å². The van der Waals surface area contributed by atoms with Gasteiger partial charge in [0.25, 0.3) is 0 Å². The maximum atomic E-state index is 5.81. The third-order valence-corrected chi connectivity index (χ3v) is 4.67. The number of aliphatic imine (C=N–C) groups is 1. The van der Waals surface area contributed by atoms with Crippen molar-refractivity contribution in [3.63, 3.8) is 0 Å². The lowest BCUT2D eigenvalue weighted by Gasteiger charge is -2.22. The topological polar surface area (TPSA) is 48.9 Å². The van der Waals surface area contributed by atoms with Gasteiger partial charge in [-0.05, 0) is 51.2 Å². The highest BCUT2D eigenvalue weighted by atomic mass is 127. The van der Waals surface area contributed by atoms with Gasteiger partial charge in [0.15, 0.2) is 5.96 Å². The number of guanidine groups is 1. The van der Waals surface area contributed by atoms with Gasteiger partial charge in [0.1, 0.15) is 0 Å². The van der Waals surface area contributed by atoms with E-state index in [1.165, 1.54) is 4.88 Å². The van der Waals surface area contributed by atoms with E-state index in [9.17, 15) is 0 Å². The van der Waals surface area contributed by atoms with Crippen molar-refractivity contribution in [1.29, 1.82) is 0 Å². The summed E-state index contributed by atoms with van der Waals surface area (Å²) < 4.78 is 5.81. The van der Waals surface area contributed by atoms with Gasteiger partial charge in [0.2, 0.25) is 0 Å². The molecule has 1 heterocycles. The summed E-state index contributed by atoms with van der Waals surface area (Å²) in [5, 5.41) is 8.95. The van der Waals surface area contributed by atoms with Crippen molar-refractivity contribution in [1.82, 2.24) is 15.5 Å². The summed E-state index contributed by atoms with van der Waals surface area (Å²) in [6.07, 6.45) is 2.32. The van der Waals surface area contributed by atoms with Gasteiger partial charge in [0.05, 0.1) is 6.10 Å². The molecule has 0 aliphatic rings. The van der Waals surface area contributed by atoms with Crippen LogP contribution in [0.5, 0.6) is 0 Å². The van der Waals surface area contributed by atoms with E-state index in [0.29, 0.717) is 5.92 Å². The highest BCUT2D eigenvalue weighted by molar-refractivity contribution is 14.0. The number of thiophene rings is 1. The molecule has 7 heteroatoms. The molecule has 5 nitrogen and oxygen atoms in total. The fraction of sp³-hybridized carbons (Fsp3) is 0.722. The molecule has 1 aromatic rings. The maximum absolute atomic E-state index is 5.81. The Hall–Kier alpha value is -0.380. The minimum absolute atomic E-state index is 0. The molecule has 0 spiro atoms. The van der Waals surface area contributed by atoms with Crippen molar-refractivity contribution in [2.45, 2.75) is 32.8 Å². The van der Waals surface area contributed by atoms with Crippen LogP contribution in [0.3, 0.4) is 0 Å². The summed E-state index contributed by atoms with van der Waals surface area (Å²) >= 11 is 1.82. The molecule has 1 rings (SSSR count). The zero-order chi connectivity index (χ0) is 17.8. The number of hydrogen-bond donors (Lipinski definition) is 2. The fourth-order valence-electron chi connectivity index (χ4n) is 2.43. The van der Waals surface area contributed by atoms with Crippen LogP contribution in [-0.2, 0) is 11.2 Å². The van der Waals surface area contributed by atoms with E-state index in [1.54, 1.807) is 0 Å². The molecule has 0 aliphatic heterocycles. The zero-order valence-corrected chi connectivity index (χ0v) is 19.4. The summed E-state index contributed by atoms with van der Waals surface area (Å²) in [7, 11) is 5.99. The standard InChI is InChI=1S/C18H34N4OS.HI/c1-6-23-16(9-10-22(4)5)14-21-18(19-3)20-13-15(2)12-17-8-7-11-24-17;/h7-8,11,15-16H,6,9-10,12-14H2,1-5H3,(H2,19,20,21);1H. The molecule has 0 radical (unpaired) electrons. The second-order valence-electron chi connectivity index (χ2n) is 6.39. The first-order valence-corrected chi connectivity index (χ1v) is 9.66. The first-order chi connectivity index (χ1) is 11.5. The monoisotopic (exact) mass is 482 g/mol. The molecule has 0 amide bonds. The van der Waals surface area contributed by atoms with E-state index in [4.69, 9.17) is 4.74 Å². The van der Waals surface area contributed by atoms with Crippen molar-refractivity contribution in [3.8, 4) is 0 Å². The van der Waals surface area contributed by atoms with E-state index >= 15 is 0 Å². The Balaban J connectivity index is 0.00000576. The highest BCUT2D eigenvalue weighted by Gasteiger charge is 2.11. The third kappa shape index (κ3) is 11.8. The molecular formula is C18H35IN4OS. The lowest BCUT2D eigenvalue weighted by molar-refractivity contribution is 0.0548. The second-order valence-corrected chi connectivity index (χ2v) is 7.42. The van der Waals surface area contributed by atoms with Gasteiger partial charge in [-0.3, -0.25) is 4.99 Å². The summed E-state index contributed by atoms with van der Waals surface area (Å²) in [5.74, 6) is 1.42. The SMILES string of the molecule is CCOC(CCN(C)C)CNC(=NC)NCC(C)Cc1cccs1.I. The summed E-state index contributed by atoms with van der Waals surface area (Å²) in [5.41, 5.74) is 0. The predicted molar refractivity (Wildman–Crippen MR) is 121 cm³/mol. The average molecular weight is 482 g/mol. The van der Waals surface area contributed by atoms with Crippen LogP contribution < -0.4 is 10.6 Å². The molecule has 0 saturated heterocycles. The van der Waals surface area contributed by atoms with Crippen LogP contribution in [0.25, 0.3) is 0 Å². The van der Waals surface area contributed by atoms with E-state index in [0.717, 1.165) is 45.0 Å². The molecule has 2 N–H and O–H groups in total.